The summed E-state index contributed by atoms with van der Waals surface area (Å²) < 4.78 is 36.0. The van der Waals surface area contributed by atoms with Gasteiger partial charge >= 0.3 is 0 Å². The molecule has 0 spiro atoms. The minimum absolute atomic E-state index is 0.0610. The summed E-state index contributed by atoms with van der Waals surface area (Å²) in [5, 5.41) is 8.93. The number of halogens is 1. The number of primary sulfonamides is 1. The van der Waals surface area contributed by atoms with E-state index in [-0.39, 0.29) is 10.7 Å². The number of sulfonamides is 1. The molecule has 0 saturated heterocycles. The normalized spacial score (nSPS) is 11.6. The maximum absolute atomic E-state index is 13.6. The lowest BCUT2D eigenvalue weighted by atomic mass is 10.1. The lowest BCUT2D eigenvalue weighted by Gasteiger charge is -2.08. The molecule has 7 heteroatoms. The van der Waals surface area contributed by atoms with E-state index in [2.05, 4.69) is 10.3 Å². The Morgan fingerprint density at radius 3 is 2.57 bits per heavy atom. The molecule has 5 nitrogen and oxygen atoms in total. The van der Waals surface area contributed by atoms with E-state index >= 15 is 0 Å². The van der Waals surface area contributed by atoms with E-state index < -0.39 is 10.0 Å². The monoisotopic (exact) mass is 331 g/mol. The molecule has 0 amide bonds. The Kier molecular flexibility index (Phi) is 3.97. The Labute approximate surface area is 133 Å². The molecule has 0 bridgehead atoms. The zero-order valence-corrected chi connectivity index (χ0v) is 12.8. The third-order valence-corrected chi connectivity index (χ3v) is 4.33. The molecule has 0 atom stereocenters. The predicted octanol–water partition coefficient (Wildman–Crippen LogP) is 2.63. The van der Waals surface area contributed by atoms with Gasteiger partial charge in [-0.05, 0) is 42.0 Å². The van der Waals surface area contributed by atoms with Gasteiger partial charge in [0.25, 0.3) is 0 Å². The van der Waals surface area contributed by atoms with Crippen molar-refractivity contribution in [3.05, 3.63) is 66.1 Å². The molecule has 0 unspecified atom stereocenters. The van der Waals surface area contributed by atoms with E-state index in [0.29, 0.717) is 12.1 Å². The van der Waals surface area contributed by atoms with Crippen molar-refractivity contribution in [3.8, 4) is 0 Å². The summed E-state index contributed by atoms with van der Waals surface area (Å²) in [5.41, 5.74) is 1.98. The Hall–Kier alpha value is -2.51. The summed E-state index contributed by atoms with van der Waals surface area (Å²) in [5.74, 6) is -0.347. The molecular formula is C16H14FN3O2S. The number of nitrogens with zero attached hydrogens (tertiary/aromatic N) is 1. The van der Waals surface area contributed by atoms with E-state index in [9.17, 15) is 12.8 Å². The number of nitrogens with two attached hydrogens (primary N) is 1. The second-order valence-electron chi connectivity index (χ2n) is 5.08. The standard InChI is InChI=1S/C16H14FN3O2S/c17-15-3-1-2-12-8-11(10-20-16(12)15)9-19-13-4-6-14(7-5-13)23(18,21)22/h1-8,10,19H,9H2,(H2,18,21,22). The summed E-state index contributed by atoms with van der Waals surface area (Å²) in [6.07, 6.45) is 1.61. The van der Waals surface area contributed by atoms with E-state index in [0.717, 1.165) is 16.6 Å². The lowest BCUT2D eigenvalue weighted by Crippen LogP contribution is -2.12. The topological polar surface area (TPSA) is 85.1 Å². The first-order valence-electron chi connectivity index (χ1n) is 6.83. The summed E-state index contributed by atoms with van der Waals surface area (Å²) in [7, 11) is -3.69. The summed E-state index contributed by atoms with van der Waals surface area (Å²) >= 11 is 0. The Morgan fingerprint density at radius 2 is 1.87 bits per heavy atom. The van der Waals surface area contributed by atoms with Crippen molar-refractivity contribution in [2.45, 2.75) is 11.4 Å². The molecule has 118 valence electrons. The van der Waals surface area contributed by atoms with Crippen LogP contribution in [0.1, 0.15) is 5.56 Å². The summed E-state index contributed by atoms with van der Waals surface area (Å²) in [4.78, 5) is 4.19. The van der Waals surface area contributed by atoms with Crippen molar-refractivity contribution >= 4 is 26.6 Å². The van der Waals surface area contributed by atoms with Gasteiger partial charge in [0.2, 0.25) is 10.0 Å². The summed E-state index contributed by atoms with van der Waals surface area (Å²) in [6, 6.07) is 12.8. The number of nitrogens with one attached hydrogen (secondary N) is 1. The third kappa shape index (κ3) is 3.46. The average Bonchev–Trinajstić information content (AvgIpc) is 2.52. The van der Waals surface area contributed by atoms with Crippen molar-refractivity contribution in [2.24, 2.45) is 5.14 Å². The van der Waals surface area contributed by atoms with Crippen LogP contribution >= 0.6 is 0 Å². The molecule has 0 fully saturated rings. The minimum Gasteiger partial charge on any atom is -0.381 e. The van der Waals surface area contributed by atoms with E-state index in [1.165, 1.54) is 18.2 Å². The molecule has 0 aliphatic carbocycles. The molecule has 0 radical (unpaired) electrons. The summed E-state index contributed by atoms with van der Waals surface area (Å²) in [6.45, 7) is 0.480. The highest BCUT2D eigenvalue weighted by molar-refractivity contribution is 7.89. The van der Waals surface area contributed by atoms with Gasteiger partial charge < -0.3 is 5.32 Å². The van der Waals surface area contributed by atoms with Gasteiger partial charge in [-0.2, -0.15) is 0 Å². The molecule has 0 saturated carbocycles. The van der Waals surface area contributed by atoms with Gasteiger partial charge in [0, 0.05) is 23.8 Å². The van der Waals surface area contributed by atoms with Crippen molar-refractivity contribution in [1.82, 2.24) is 4.98 Å². The minimum atomic E-state index is -3.69. The maximum Gasteiger partial charge on any atom is 0.238 e. The number of fused-ring (bicyclic) bond motifs is 1. The number of anilines is 1. The highest BCUT2D eigenvalue weighted by Crippen LogP contribution is 2.18. The van der Waals surface area contributed by atoms with Gasteiger partial charge in [0.1, 0.15) is 11.3 Å². The molecule has 3 N–H and O–H groups in total. The molecule has 1 heterocycles. The predicted molar refractivity (Wildman–Crippen MR) is 86.8 cm³/mol. The van der Waals surface area contributed by atoms with Gasteiger partial charge in [0.15, 0.2) is 0 Å². The number of pyridine rings is 1. The molecule has 23 heavy (non-hydrogen) atoms. The zero-order chi connectivity index (χ0) is 16.4. The molecule has 0 aliphatic heterocycles. The van der Waals surface area contributed by atoms with Crippen molar-refractivity contribution in [1.29, 1.82) is 0 Å². The number of aromatic nitrogens is 1. The van der Waals surface area contributed by atoms with Crippen LogP contribution in [0.15, 0.2) is 59.6 Å². The van der Waals surface area contributed by atoms with Crippen LogP contribution < -0.4 is 10.5 Å². The second kappa shape index (κ2) is 5.94. The molecular weight excluding hydrogens is 317 g/mol. The van der Waals surface area contributed by atoms with Crippen molar-refractivity contribution < 1.29 is 12.8 Å². The van der Waals surface area contributed by atoms with Crippen LogP contribution in [-0.2, 0) is 16.6 Å². The smallest absolute Gasteiger partial charge is 0.238 e. The largest absolute Gasteiger partial charge is 0.381 e. The van der Waals surface area contributed by atoms with Gasteiger partial charge in [-0.25, -0.2) is 17.9 Å². The van der Waals surface area contributed by atoms with E-state index in [1.54, 1.807) is 30.5 Å². The lowest BCUT2D eigenvalue weighted by molar-refractivity contribution is 0.598. The van der Waals surface area contributed by atoms with Crippen LogP contribution in [0.5, 0.6) is 0 Å². The Bertz CT molecular complexity index is 957. The fourth-order valence-electron chi connectivity index (χ4n) is 2.23. The SMILES string of the molecule is NS(=O)(=O)c1ccc(NCc2cnc3c(F)cccc3c2)cc1. The maximum atomic E-state index is 13.6. The fourth-order valence-corrected chi connectivity index (χ4v) is 2.75. The average molecular weight is 331 g/mol. The van der Waals surface area contributed by atoms with Crippen LogP contribution in [0, 0.1) is 5.82 Å². The number of hydrogen-bond acceptors (Lipinski definition) is 4. The highest BCUT2D eigenvalue weighted by Gasteiger charge is 2.07. The fraction of sp³-hybridized carbons (Fsp3) is 0.0625. The molecule has 1 aromatic heterocycles. The quantitative estimate of drug-likeness (QED) is 0.769. The van der Waals surface area contributed by atoms with Gasteiger partial charge in [-0.15, -0.1) is 0 Å². The zero-order valence-electron chi connectivity index (χ0n) is 12.0. The van der Waals surface area contributed by atoms with Crippen LogP contribution in [0.4, 0.5) is 10.1 Å². The van der Waals surface area contributed by atoms with E-state index in [1.807, 2.05) is 6.07 Å². The molecule has 2 aromatic carbocycles. The second-order valence-corrected chi connectivity index (χ2v) is 6.64. The van der Waals surface area contributed by atoms with E-state index in [4.69, 9.17) is 5.14 Å². The molecule has 0 aliphatic rings. The highest BCUT2D eigenvalue weighted by atomic mass is 32.2. The number of para-hydroxylation sites is 1. The molecule has 3 aromatic rings. The number of rotatable bonds is 4. The Balaban J connectivity index is 1.75. The van der Waals surface area contributed by atoms with Crippen LogP contribution in [0.2, 0.25) is 0 Å². The number of benzene rings is 2. The third-order valence-electron chi connectivity index (χ3n) is 3.40. The van der Waals surface area contributed by atoms with Crippen LogP contribution in [0.3, 0.4) is 0 Å². The van der Waals surface area contributed by atoms with Crippen LogP contribution in [0.25, 0.3) is 10.9 Å². The first-order valence-corrected chi connectivity index (χ1v) is 8.38. The number of hydrogen-bond donors (Lipinski definition) is 2. The Morgan fingerprint density at radius 1 is 1.13 bits per heavy atom. The molecule has 3 rings (SSSR count). The first-order chi connectivity index (χ1) is 10.9. The first kappa shape index (κ1) is 15.4. The van der Waals surface area contributed by atoms with Gasteiger partial charge in [0.05, 0.1) is 4.90 Å². The van der Waals surface area contributed by atoms with Crippen molar-refractivity contribution in [2.75, 3.05) is 5.32 Å². The van der Waals surface area contributed by atoms with Gasteiger partial charge in [-0.3, -0.25) is 4.98 Å². The van der Waals surface area contributed by atoms with Crippen molar-refractivity contribution in [3.63, 3.8) is 0 Å². The van der Waals surface area contributed by atoms with Crippen LogP contribution in [-0.4, -0.2) is 13.4 Å². The van der Waals surface area contributed by atoms with Gasteiger partial charge in [-0.1, -0.05) is 12.1 Å².